The molecule has 2 amide bonds. The molecule has 1 saturated heterocycles. The Balaban J connectivity index is 1.25. The monoisotopic (exact) mass is 434 g/mol. The van der Waals surface area contributed by atoms with Crippen LogP contribution in [0.5, 0.6) is 0 Å². The van der Waals surface area contributed by atoms with Crippen LogP contribution >= 0.6 is 0 Å². The number of amides is 2. The van der Waals surface area contributed by atoms with E-state index in [1.165, 1.54) is 19.3 Å². The number of anilines is 1. The number of nitrogens with zero attached hydrogens (tertiary/aromatic N) is 2. The Kier molecular flexibility index (Phi) is 7.53. The number of aryl methyl sites for hydroxylation is 1. The summed E-state index contributed by atoms with van der Waals surface area (Å²) in [4.78, 5) is 31.7. The molecule has 170 valence electrons. The van der Waals surface area contributed by atoms with Crippen LogP contribution in [0.25, 0.3) is 0 Å². The van der Waals surface area contributed by atoms with Crippen LogP contribution in [0.2, 0.25) is 0 Å². The minimum absolute atomic E-state index is 0.141. The van der Waals surface area contributed by atoms with Crippen molar-refractivity contribution in [1.82, 2.24) is 15.2 Å². The zero-order chi connectivity index (χ0) is 22.3. The first-order valence-electron chi connectivity index (χ1n) is 11.9. The molecule has 1 aliphatic heterocycles. The fraction of sp³-hybridized carbons (Fsp3) is 0.500. The molecular weight excluding hydrogens is 400 g/mol. The molecule has 0 bridgehead atoms. The van der Waals surface area contributed by atoms with Gasteiger partial charge in [-0.15, -0.1) is 0 Å². The number of pyridine rings is 1. The molecule has 0 spiro atoms. The van der Waals surface area contributed by atoms with Crippen molar-refractivity contribution in [3.8, 4) is 0 Å². The lowest BCUT2D eigenvalue weighted by Gasteiger charge is -2.32. The van der Waals surface area contributed by atoms with Crippen molar-refractivity contribution in [1.29, 1.82) is 0 Å². The smallest absolute Gasteiger partial charge is 0.257 e. The average molecular weight is 435 g/mol. The highest BCUT2D eigenvalue weighted by Crippen LogP contribution is 2.23. The Labute approximate surface area is 190 Å². The Hall–Kier alpha value is -2.73. The van der Waals surface area contributed by atoms with Crippen molar-refractivity contribution in [3.63, 3.8) is 0 Å². The lowest BCUT2D eigenvalue weighted by molar-refractivity contribution is -0.127. The first-order chi connectivity index (χ1) is 15.6. The molecule has 1 aromatic heterocycles. The average Bonchev–Trinajstić information content (AvgIpc) is 2.81. The van der Waals surface area contributed by atoms with Crippen molar-refractivity contribution in [2.45, 2.75) is 64.5 Å². The summed E-state index contributed by atoms with van der Waals surface area (Å²) in [5.74, 6) is 0.244. The third-order valence-electron chi connectivity index (χ3n) is 6.67. The molecule has 0 atom stereocenters. The van der Waals surface area contributed by atoms with Crippen LogP contribution in [-0.4, -0.2) is 40.8 Å². The number of hydrogen-bond donors (Lipinski definition) is 2. The summed E-state index contributed by atoms with van der Waals surface area (Å²) in [6, 6.07) is 12.0. The van der Waals surface area contributed by atoms with E-state index in [1.54, 1.807) is 12.3 Å². The molecule has 1 saturated carbocycles. The second-order valence-electron chi connectivity index (χ2n) is 9.24. The van der Waals surface area contributed by atoms with Gasteiger partial charge in [0.2, 0.25) is 5.91 Å². The van der Waals surface area contributed by atoms with Crippen LogP contribution in [0.3, 0.4) is 0 Å². The molecule has 1 aliphatic carbocycles. The van der Waals surface area contributed by atoms with Gasteiger partial charge in [-0.2, -0.15) is 0 Å². The largest absolute Gasteiger partial charge is 0.353 e. The van der Waals surface area contributed by atoms with Gasteiger partial charge in [0.1, 0.15) is 0 Å². The van der Waals surface area contributed by atoms with E-state index in [4.69, 9.17) is 0 Å². The molecule has 2 aliphatic rings. The molecule has 2 fully saturated rings. The van der Waals surface area contributed by atoms with Crippen molar-refractivity contribution in [2.75, 3.05) is 18.4 Å². The fourth-order valence-electron chi connectivity index (χ4n) is 4.73. The quantitative estimate of drug-likeness (QED) is 0.711. The summed E-state index contributed by atoms with van der Waals surface area (Å²) in [5, 5.41) is 6.26. The van der Waals surface area contributed by atoms with Gasteiger partial charge in [0.15, 0.2) is 0 Å². The van der Waals surface area contributed by atoms with Gasteiger partial charge in [-0.25, -0.2) is 0 Å². The van der Waals surface area contributed by atoms with E-state index < -0.39 is 0 Å². The minimum atomic E-state index is -0.153. The zero-order valence-electron chi connectivity index (χ0n) is 19.0. The summed E-state index contributed by atoms with van der Waals surface area (Å²) >= 11 is 0. The second kappa shape index (κ2) is 10.7. The molecule has 2 aromatic rings. The summed E-state index contributed by atoms with van der Waals surface area (Å²) in [6.45, 7) is 4.58. The number of benzene rings is 1. The van der Waals surface area contributed by atoms with E-state index >= 15 is 0 Å². The van der Waals surface area contributed by atoms with E-state index in [-0.39, 0.29) is 17.7 Å². The number of hydrogen-bond acceptors (Lipinski definition) is 4. The van der Waals surface area contributed by atoms with Crippen LogP contribution in [0, 0.1) is 12.8 Å². The number of carbonyl (C=O) groups is 2. The Morgan fingerprint density at radius 3 is 2.53 bits per heavy atom. The normalized spacial score (nSPS) is 18.3. The summed E-state index contributed by atoms with van der Waals surface area (Å²) in [6.07, 6.45) is 9.48. The molecule has 4 rings (SSSR count). The molecule has 2 heterocycles. The molecular formula is C26H34N4O2. The lowest BCUT2D eigenvalue weighted by atomic mass is 9.92. The molecule has 6 nitrogen and oxygen atoms in total. The van der Waals surface area contributed by atoms with Crippen molar-refractivity contribution in [2.24, 2.45) is 5.92 Å². The van der Waals surface area contributed by atoms with E-state index in [2.05, 4.69) is 26.6 Å². The molecule has 32 heavy (non-hydrogen) atoms. The van der Waals surface area contributed by atoms with Crippen LogP contribution in [0.15, 0.2) is 42.6 Å². The van der Waals surface area contributed by atoms with Gasteiger partial charge in [0.05, 0.1) is 5.56 Å². The topological polar surface area (TPSA) is 74.3 Å². The third kappa shape index (κ3) is 6.16. The minimum Gasteiger partial charge on any atom is -0.353 e. The molecule has 0 unspecified atom stereocenters. The van der Waals surface area contributed by atoms with Crippen molar-refractivity contribution >= 4 is 17.5 Å². The number of rotatable bonds is 6. The first kappa shape index (κ1) is 22.5. The highest BCUT2D eigenvalue weighted by Gasteiger charge is 2.27. The molecule has 6 heteroatoms. The van der Waals surface area contributed by atoms with E-state index in [1.807, 2.05) is 31.2 Å². The van der Waals surface area contributed by atoms with Crippen LogP contribution < -0.4 is 10.6 Å². The van der Waals surface area contributed by atoms with E-state index in [9.17, 15) is 9.59 Å². The number of nitrogens with one attached hydrogen (secondary N) is 2. The summed E-state index contributed by atoms with van der Waals surface area (Å²) in [7, 11) is 0. The molecule has 0 radical (unpaired) electrons. The van der Waals surface area contributed by atoms with Gasteiger partial charge in [-0.3, -0.25) is 19.5 Å². The molecule has 2 N–H and O–H groups in total. The maximum Gasteiger partial charge on any atom is 0.257 e. The number of likely N-dealkylation sites (tertiary alicyclic amines) is 1. The van der Waals surface area contributed by atoms with Crippen LogP contribution in [0.4, 0.5) is 5.69 Å². The number of carbonyl (C=O) groups excluding carboxylic acids is 2. The summed E-state index contributed by atoms with van der Waals surface area (Å²) in [5.41, 5.74) is 3.39. The van der Waals surface area contributed by atoms with Crippen molar-refractivity contribution < 1.29 is 9.59 Å². The second-order valence-corrected chi connectivity index (χ2v) is 9.24. The zero-order valence-corrected chi connectivity index (χ0v) is 19.0. The van der Waals surface area contributed by atoms with Gasteiger partial charge in [0.25, 0.3) is 5.91 Å². The number of piperidine rings is 1. The maximum atomic E-state index is 12.6. The predicted molar refractivity (Wildman–Crippen MR) is 126 cm³/mol. The highest BCUT2D eigenvalue weighted by molar-refractivity contribution is 6.04. The third-order valence-corrected chi connectivity index (χ3v) is 6.67. The Morgan fingerprint density at radius 1 is 1.03 bits per heavy atom. The Bertz CT molecular complexity index is 914. The highest BCUT2D eigenvalue weighted by atomic mass is 16.2. The SMILES string of the molecule is Cc1ccc(C(=O)Nc2cccc(CN3CCC(C(=O)NC4CCCCC4)CC3)c2)cn1. The van der Waals surface area contributed by atoms with Gasteiger partial charge in [0, 0.05) is 36.1 Å². The number of aromatic nitrogens is 1. The Morgan fingerprint density at radius 2 is 1.81 bits per heavy atom. The first-order valence-corrected chi connectivity index (χ1v) is 11.9. The lowest BCUT2D eigenvalue weighted by Crippen LogP contribution is -2.44. The van der Waals surface area contributed by atoms with Crippen LogP contribution in [0.1, 0.15) is 66.6 Å². The molecule has 1 aromatic carbocycles. The van der Waals surface area contributed by atoms with Gasteiger partial charge in [-0.05, 0) is 75.5 Å². The van der Waals surface area contributed by atoms with E-state index in [0.29, 0.717) is 11.6 Å². The summed E-state index contributed by atoms with van der Waals surface area (Å²) < 4.78 is 0. The van der Waals surface area contributed by atoms with E-state index in [0.717, 1.165) is 62.3 Å². The van der Waals surface area contributed by atoms with Gasteiger partial charge in [-0.1, -0.05) is 31.4 Å². The standard InChI is InChI=1S/C26H34N4O2/c1-19-10-11-22(17-27-19)26(32)29-24-9-5-6-20(16-24)18-30-14-12-21(13-15-30)25(31)28-23-7-3-2-4-8-23/h5-6,9-11,16-17,21,23H,2-4,7-8,12-15,18H2,1H3,(H,28,31)(H,29,32). The predicted octanol–water partition coefficient (Wildman–Crippen LogP) is 4.30. The fourth-order valence-corrected chi connectivity index (χ4v) is 4.73. The maximum absolute atomic E-state index is 12.6. The van der Waals surface area contributed by atoms with Crippen LogP contribution in [-0.2, 0) is 11.3 Å². The van der Waals surface area contributed by atoms with Gasteiger partial charge >= 0.3 is 0 Å². The van der Waals surface area contributed by atoms with Crippen molar-refractivity contribution in [3.05, 3.63) is 59.4 Å². The van der Waals surface area contributed by atoms with Gasteiger partial charge < -0.3 is 10.6 Å².